The first-order valence-electron chi connectivity index (χ1n) is 8.60. The molecule has 1 aromatic rings. The molecule has 0 spiro atoms. The van der Waals surface area contributed by atoms with Crippen LogP contribution >= 0.6 is 0 Å². The van der Waals surface area contributed by atoms with Crippen LogP contribution in [-0.2, 0) is 4.79 Å². The Bertz CT molecular complexity index is 784. The predicted molar refractivity (Wildman–Crippen MR) is 94.8 cm³/mol. The Morgan fingerprint density at radius 2 is 1.81 bits per heavy atom. The van der Waals surface area contributed by atoms with Crippen molar-refractivity contribution in [3.8, 4) is 0 Å². The normalized spacial score (nSPS) is 26.7. The lowest BCUT2D eigenvalue weighted by Crippen LogP contribution is -2.55. The third-order valence-corrected chi connectivity index (χ3v) is 5.14. The Balaban J connectivity index is 1.88. The van der Waals surface area contributed by atoms with Gasteiger partial charge in [0, 0.05) is 30.4 Å². The molecular formula is C18H21F3N4O2. The van der Waals surface area contributed by atoms with Gasteiger partial charge in [0.25, 0.3) is 5.91 Å². The average Bonchev–Trinajstić information content (AvgIpc) is 2.61. The minimum Gasteiger partial charge on any atom is -0.401 e. The monoisotopic (exact) mass is 382 g/mol. The second-order valence-corrected chi connectivity index (χ2v) is 6.85. The molecule has 1 amide bonds. The summed E-state index contributed by atoms with van der Waals surface area (Å²) in [6.07, 6.45) is -5.30. The molecule has 1 aromatic carbocycles. The summed E-state index contributed by atoms with van der Waals surface area (Å²) in [5, 5.41) is 10.3. The van der Waals surface area contributed by atoms with Gasteiger partial charge in [-0.3, -0.25) is 4.79 Å². The summed E-state index contributed by atoms with van der Waals surface area (Å²) in [6, 6.07) is 9.65. The van der Waals surface area contributed by atoms with Crippen molar-refractivity contribution in [1.29, 1.82) is 0 Å². The van der Waals surface area contributed by atoms with Crippen LogP contribution in [-0.4, -0.2) is 41.7 Å². The lowest BCUT2D eigenvalue weighted by atomic mass is 9.80. The number of rotatable bonds is 2. The molecule has 9 heteroatoms. The van der Waals surface area contributed by atoms with E-state index >= 15 is 0 Å². The van der Waals surface area contributed by atoms with Crippen molar-refractivity contribution in [1.82, 2.24) is 0 Å². The highest BCUT2D eigenvalue weighted by Crippen LogP contribution is 2.43. The van der Waals surface area contributed by atoms with Crippen molar-refractivity contribution >= 4 is 17.4 Å². The summed E-state index contributed by atoms with van der Waals surface area (Å²) in [5.41, 5.74) is 8.44. The number of carbonyl (C=O) groups is 1. The Morgan fingerprint density at radius 1 is 1.22 bits per heavy atom. The zero-order chi connectivity index (χ0) is 19.8. The molecule has 0 saturated carbocycles. The molecule has 27 heavy (non-hydrogen) atoms. The Labute approximate surface area is 154 Å². The predicted octanol–water partition coefficient (Wildman–Crippen LogP) is 1.70. The minimum atomic E-state index is -5.09. The van der Waals surface area contributed by atoms with Crippen LogP contribution in [0.1, 0.15) is 19.3 Å². The van der Waals surface area contributed by atoms with Crippen molar-refractivity contribution in [2.75, 3.05) is 18.0 Å². The lowest BCUT2D eigenvalue weighted by molar-refractivity contribution is -0.244. The zero-order valence-electron chi connectivity index (χ0n) is 14.5. The lowest BCUT2D eigenvalue weighted by Gasteiger charge is -2.38. The number of piperidine rings is 1. The highest BCUT2D eigenvalue weighted by atomic mass is 19.4. The Hall–Kier alpha value is -2.55. The first kappa shape index (κ1) is 19.2. The van der Waals surface area contributed by atoms with Crippen LogP contribution in [0, 0.1) is 5.92 Å². The van der Waals surface area contributed by atoms with Gasteiger partial charge in [-0.1, -0.05) is 18.2 Å². The molecule has 3 rings (SSSR count). The van der Waals surface area contributed by atoms with Crippen LogP contribution in [0.4, 0.5) is 18.9 Å². The molecule has 0 aliphatic carbocycles. The number of aliphatic hydroxyl groups is 1. The van der Waals surface area contributed by atoms with Crippen LogP contribution in [0.2, 0.25) is 0 Å². The maximum absolute atomic E-state index is 13.5. The number of alkyl halides is 3. The van der Waals surface area contributed by atoms with Crippen LogP contribution < -0.4 is 16.4 Å². The number of amidine groups is 1. The van der Waals surface area contributed by atoms with Crippen molar-refractivity contribution in [2.45, 2.75) is 31.0 Å². The molecule has 0 bridgehead atoms. The van der Waals surface area contributed by atoms with Gasteiger partial charge >= 0.3 is 6.18 Å². The van der Waals surface area contributed by atoms with Gasteiger partial charge in [0.1, 0.15) is 5.84 Å². The average molecular weight is 382 g/mol. The molecule has 0 aromatic heterocycles. The fourth-order valence-corrected chi connectivity index (χ4v) is 3.67. The third kappa shape index (κ3) is 3.51. The van der Waals surface area contributed by atoms with E-state index in [1.54, 1.807) is 0 Å². The van der Waals surface area contributed by atoms with Crippen LogP contribution in [0.3, 0.4) is 0 Å². The van der Waals surface area contributed by atoms with E-state index in [0.717, 1.165) is 5.69 Å². The number of aliphatic imine (C=N–C) groups is 1. The van der Waals surface area contributed by atoms with Gasteiger partial charge in [0.15, 0.2) is 5.60 Å². The molecule has 1 unspecified atom stereocenters. The van der Waals surface area contributed by atoms with Crippen molar-refractivity contribution in [2.24, 2.45) is 22.4 Å². The Morgan fingerprint density at radius 3 is 2.37 bits per heavy atom. The number of anilines is 1. The molecular weight excluding hydrogens is 361 g/mol. The van der Waals surface area contributed by atoms with Crippen LogP contribution in [0.5, 0.6) is 0 Å². The molecule has 2 aliphatic rings. The number of amides is 1. The summed E-state index contributed by atoms with van der Waals surface area (Å²) in [4.78, 5) is 17.0. The second kappa shape index (κ2) is 6.88. The van der Waals surface area contributed by atoms with E-state index in [9.17, 15) is 23.1 Å². The molecule has 6 nitrogen and oxygen atoms in total. The molecule has 1 atom stereocenters. The van der Waals surface area contributed by atoms with Gasteiger partial charge < -0.3 is 21.5 Å². The zero-order valence-corrected chi connectivity index (χ0v) is 14.5. The third-order valence-electron chi connectivity index (χ3n) is 5.14. The van der Waals surface area contributed by atoms with Gasteiger partial charge in [-0.25, -0.2) is 0 Å². The molecule has 0 radical (unpaired) electrons. The van der Waals surface area contributed by atoms with E-state index in [0.29, 0.717) is 25.9 Å². The standard InChI is InChI=1S/C18H21F3N4O2/c19-18(20,21)17(27)10-13(26)24-16(23)14(17)15(22)11-6-8-25(9-7-11)12-4-2-1-3-5-12/h1-5,11,27H,6-10,22H2,(H2,23,24,26). The number of hydrogen-bond acceptors (Lipinski definition) is 5. The van der Waals surface area contributed by atoms with Gasteiger partial charge in [-0.15, -0.1) is 0 Å². The maximum atomic E-state index is 13.5. The van der Waals surface area contributed by atoms with Gasteiger partial charge in [-0.05, 0) is 25.0 Å². The number of para-hydroxylation sites is 1. The molecule has 5 N–H and O–H groups in total. The van der Waals surface area contributed by atoms with Crippen LogP contribution in [0.15, 0.2) is 46.6 Å². The van der Waals surface area contributed by atoms with Gasteiger partial charge in [-0.2, -0.15) is 18.2 Å². The summed E-state index contributed by atoms with van der Waals surface area (Å²) in [5.74, 6) is -2.17. The highest BCUT2D eigenvalue weighted by Gasteiger charge is 2.60. The molecule has 2 heterocycles. The van der Waals surface area contributed by atoms with E-state index in [2.05, 4.69) is 9.89 Å². The summed E-state index contributed by atoms with van der Waals surface area (Å²) >= 11 is 0. The van der Waals surface area contributed by atoms with E-state index in [1.807, 2.05) is 30.3 Å². The fourth-order valence-electron chi connectivity index (χ4n) is 3.67. The molecule has 2 aliphatic heterocycles. The van der Waals surface area contributed by atoms with E-state index < -0.39 is 41.4 Å². The first-order valence-corrected chi connectivity index (χ1v) is 8.60. The molecule has 1 fully saturated rings. The minimum absolute atomic E-state index is 0.142. The number of carbonyl (C=O) groups excluding carboxylic acids is 1. The second-order valence-electron chi connectivity index (χ2n) is 6.85. The number of benzene rings is 1. The SMILES string of the molecule is NC1=NC(=O)CC(O)(C(F)(F)F)C1=C(N)C1CCN(c2ccccc2)CC1. The van der Waals surface area contributed by atoms with Crippen molar-refractivity contribution < 1.29 is 23.1 Å². The van der Waals surface area contributed by atoms with E-state index in [-0.39, 0.29) is 5.70 Å². The fraction of sp³-hybridized carbons (Fsp3) is 0.444. The quantitative estimate of drug-likeness (QED) is 0.722. The highest BCUT2D eigenvalue weighted by molar-refractivity contribution is 6.09. The van der Waals surface area contributed by atoms with E-state index in [4.69, 9.17) is 11.5 Å². The topological polar surface area (TPSA) is 105 Å². The van der Waals surface area contributed by atoms with Crippen molar-refractivity contribution in [3.05, 3.63) is 41.6 Å². The van der Waals surface area contributed by atoms with Gasteiger partial charge in [0.05, 0.1) is 12.0 Å². The van der Waals surface area contributed by atoms with Crippen LogP contribution in [0.25, 0.3) is 0 Å². The maximum Gasteiger partial charge on any atom is 0.422 e. The summed E-state index contributed by atoms with van der Waals surface area (Å²) in [7, 11) is 0. The largest absolute Gasteiger partial charge is 0.422 e. The smallest absolute Gasteiger partial charge is 0.401 e. The van der Waals surface area contributed by atoms with E-state index in [1.165, 1.54) is 0 Å². The van der Waals surface area contributed by atoms with Crippen molar-refractivity contribution in [3.63, 3.8) is 0 Å². The number of hydrogen-bond donors (Lipinski definition) is 3. The Kier molecular flexibility index (Phi) is 4.90. The summed E-state index contributed by atoms with van der Waals surface area (Å²) < 4.78 is 40.6. The number of nitrogens with zero attached hydrogens (tertiary/aromatic N) is 2. The molecule has 146 valence electrons. The number of allylic oxidation sites excluding steroid dienone is 1. The van der Waals surface area contributed by atoms with Gasteiger partial charge in [0.2, 0.25) is 0 Å². The summed E-state index contributed by atoms with van der Waals surface area (Å²) in [6.45, 7) is 1.20. The molecule has 1 saturated heterocycles. The number of halogens is 3. The first-order chi connectivity index (χ1) is 12.6. The number of nitrogens with two attached hydrogens (primary N) is 2.